The molecule has 9 heteroatoms. The Morgan fingerprint density at radius 3 is 2.26 bits per heavy atom. The zero-order chi connectivity index (χ0) is 17.7. The first kappa shape index (κ1) is 17.9. The van der Waals surface area contributed by atoms with Gasteiger partial charge in [0.05, 0.1) is 19.2 Å². The summed E-state index contributed by atoms with van der Waals surface area (Å²) in [7, 11) is -2.47. The number of alkyl halides is 3. The maximum absolute atomic E-state index is 13.9. The van der Waals surface area contributed by atoms with E-state index in [4.69, 9.17) is 5.11 Å². The second kappa shape index (κ2) is 5.55. The lowest BCUT2D eigenvalue weighted by atomic mass is 10.1. The van der Waals surface area contributed by atoms with Crippen LogP contribution < -0.4 is 5.19 Å². The topological polar surface area (TPSA) is 50.2 Å². The fourth-order valence-electron chi connectivity index (χ4n) is 2.30. The van der Waals surface area contributed by atoms with Crippen LogP contribution in [0.25, 0.3) is 10.9 Å². The predicted molar refractivity (Wildman–Crippen MR) is 84.3 cm³/mol. The molecule has 0 spiro atoms. The van der Waals surface area contributed by atoms with Gasteiger partial charge in [-0.25, -0.2) is 14.2 Å². The highest BCUT2D eigenvalue weighted by molar-refractivity contribution is 9.10. The van der Waals surface area contributed by atoms with E-state index >= 15 is 0 Å². The lowest BCUT2D eigenvalue weighted by Crippen LogP contribution is -2.44. The number of fused-ring (bicyclic) bond motifs is 1. The van der Waals surface area contributed by atoms with Crippen molar-refractivity contribution < 1.29 is 27.5 Å². The summed E-state index contributed by atoms with van der Waals surface area (Å²) >= 11 is 3.14. The molecule has 0 unspecified atom stereocenters. The summed E-state index contributed by atoms with van der Waals surface area (Å²) in [6, 6.07) is 1.72. The Balaban J connectivity index is 2.99. The van der Waals surface area contributed by atoms with Gasteiger partial charge < -0.3 is 5.11 Å². The molecule has 2 rings (SSSR count). The Bertz CT molecular complexity index is 815. The molecule has 2 aromatic rings. The van der Waals surface area contributed by atoms with Crippen molar-refractivity contribution in [2.45, 2.75) is 25.8 Å². The third-order valence-electron chi connectivity index (χ3n) is 3.26. The zero-order valence-electron chi connectivity index (χ0n) is 12.3. The number of halogens is 5. The number of benzene rings is 1. The number of carbonyl (C=O) groups is 1. The van der Waals surface area contributed by atoms with E-state index in [-0.39, 0.29) is 20.6 Å². The molecule has 0 aliphatic rings. The van der Waals surface area contributed by atoms with Crippen LogP contribution in [-0.4, -0.2) is 24.1 Å². The smallest absolute Gasteiger partial charge is 0.433 e. The van der Waals surface area contributed by atoms with Gasteiger partial charge in [0.1, 0.15) is 11.5 Å². The van der Waals surface area contributed by atoms with E-state index in [1.165, 1.54) is 0 Å². The van der Waals surface area contributed by atoms with E-state index in [0.29, 0.717) is 0 Å². The van der Waals surface area contributed by atoms with E-state index in [0.717, 1.165) is 12.1 Å². The fourth-order valence-corrected chi connectivity index (χ4v) is 6.29. The normalized spacial score (nSPS) is 12.7. The number of carboxylic acids is 1. The van der Waals surface area contributed by atoms with Gasteiger partial charge in [-0.15, -0.1) is 0 Å². The summed E-state index contributed by atoms with van der Waals surface area (Å²) in [6.45, 7) is 5.16. The van der Waals surface area contributed by atoms with E-state index in [2.05, 4.69) is 20.9 Å². The third-order valence-corrected chi connectivity index (χ3v) is 6.44. The molecule has 0 fully saturated rings. The molecule has 0 aliphatic carbocycles. The van der Waals surface area contributed by atoms with Crippen LogP contribution in [0.3, 0.4) is 0 Å². The van der Waals surface area contributed by atoms with E-state index in [1.807, 2.05) is 0 Å². The van der Waals surface area contributed by atoms with Gasteiger partial charge in [-0.05, 0) is 17.3 Å². The molecule has 124 valence electrons. The van der Waals surface area contributed by atoms with Crippen LogP contribution in [-0.2, 0) is 6.18 Å². The van der Waals surface area contributed by atoms with Crippen molar-refractivity contribution in [3.63, 3.8) is 0 Å². The summed E-state index contributed by atoms with van der Waals surface area (Å²) < 4.78 is 54.1. The van der Waals surface area contributed by atoms with Crippen molar-refractivity contribution in [2.24, 2.45) is 0 Å². The molecule has 0 saturated heterocycles. The molecule has 3 nitrogen and oxygen atoms in total. The van der Waals surface area contributed by atoms with Crippen molar-refractivity contribution in [3.05, 3.63) is 33.7 Å². The lowest BCUT2D eigenvalue weighted by molar-refractivity contribution is -0.140. The molecular formula is C14H12BrF4NO2Si. The Morgan fingerprint density at radius 2 is 1.83 bits per heavy atom. The molecule has 0 atom stereocenters. The number of aromatic carboxylic acids is 1. The van der Waals surface area contributed by atoms with Gasteiger partial charge in [-0.1, -0.05) is 35.6 Å². The van der Waals surface area contributed by atoms with Crippen molar-refractivity contribution >= 4 is 46.1 Å². The van der Waals surface area contributed by atoms with E-state index in [9.17, 15) is 22.4 Å². The van der Waals surface area contributed by atoms with E-state index < -0.39 is 37.3 Å². The number of pyridine rings is 1. The third kappa shape index (κ3) is 3.25. The Hall–Kier alpha value is -1.48. The first-order chi connectivity index (χ1) is 10.3. The monoisotopic (exact) mass is 409 g/mol. The number of carboxylic acid groups (broad SMARTS) is 1. The minimum absolute atomic E-state index is 0.0278. The number of nitrogens with zero attached hydrogens (tertiary/aromatic N) is 1. The Labute approximate surface area is 138 Å². The van der Waals surface area contributed by atoms with E-state index in [1.54, 1.807) is 19.6 Å². The molecule has 0 bridgehead atoms. The van der Waals surface area contributed by atoms with Crippen LogP contribution in [0.2, 0.25) is 19.6 Å². The van der Waals surface area contributed by atoms with Crippen LogP contribution in [0.5, 0.6) is 0 Å². The summed E-state index contributed by atoms with van der Waals surface area (Å²) in [5, 5.41) is 9.06. The largest absolute Gasteiger partial charge is 0.478 e. The van der Waals surface area contributed by atoms with Gasteiger partial charge in [0.2, 0.25) is 0 Å². The molecule has 0 radical (unpaired) electrons. The summed E-state index contributed by atoms with van der Waals surface area (Å²) in [6.07, 6.45) is -4.69. The highest BCUT2D eigenvalue weighted by Gasteiger charge is 2.41. The quantitative estimate of drug-likeness (QED) is 0.590. The zero-order valence-corrected chi connectivity index (χ0v) is 14.9. The maximum atomic E-state index is 13.9. The second-order valence-electron chi connectivity index (χ2n) is 6.05. The minimum atomic E-state index is -4.69. The second-order valence-corrected chi connectivity index (χ2v) is 11.8. The number of hydrogen-bond donors (Lipinski definition) is 1. The van der Waals surface area contributed by atoms with Crippen LogP contribution in [0.15, 0.2) is 16.6 Å². The molecule has 0 amide bonds. The van der Waals surface area contributed by atoms with Gasteiger partial charge in [0.15, 0.2) is 0 Å². The first-order valence-electron chi connectivity index (χ1n) is 6.47. The van der Waals surface area contributed by atoms with Gasteiger partial charge in [-0.2, -0.15) is 13.2 Å². The number of rotatable bonds is 2. The predicted octanol–water partition coefficient (Wildman–Crippen LogP) is 4.40. The average molecular weight is 410 g/mol. The first-order valence-corrected chi connectivity index (χ1v) is 10.8. The molecule has 0 saturated carbocycles. The number of aromatic nitrogens is 1. The number of hydrogen-bond acceptors (Lipinski definition) is 2. The van der Waals surface area contributed by atoms with Crippen LogP contribution >= 0.6 is 15.9 Å². The summed E-state index contributed by atoms with van der Waals surface area (Å²) in [4.78, 5) is 14.6. The highest BCUT2D eigenvalue weighted by Crippen LogP contribution is 2.34. The average Bonchev–Trinajstić information content (AvgIpc) is 2.35. The molecule has 1 N–H and O–H groups in total. The standard InChI is InChI=1S/C14H12BrF4NO2Si/c1-23(2,3)11-10(15)7-4-8(16)6(13(21)22)5-9(7)20-12(11)14(17,18)19/h4-5H,1-3H3,(H,21,22). The van der Waals surface area contributed by atoms with Crippen LogP contribution in [0.1, 0.15) is 16.1 Å². The van der Waals surface area contributed by atoms with Crippen molar-refractivity contribution in [2.75, 3.05) is 0 Å². The maximum Gasteiger partial charge on any atom is 0.433 e. The van der Waals surface area contributed by atoms with Crippen molar-refractivity contribution in [1.29, 1.82) is 0 Å². The molecule has 1 aromatic carbocycles. The highest BCUT2D eigenvalue weighted by atomic mass is 79.9. The van der Waals surface area contributed by atoms with Crippen molar-refractivity contribution in [3.8, 4) is 0 Å². The molecule has 1 heterocycles. The molecule has 0 aliphatic heterocycles. The lowest BCUT2D eigenvalue weighted by Gasteiger charge is -2.24. The van der Waals surface area contributed by atoms with Crippen molar-refractivity contribution in [1.82, 2.24) is 4.98 Å². The Morgan fingerprint density at radius 1 is 1.26 bits per heavy atom. The fraction of sp³-hybridized carbons (Fsp3) is 0.286. The van der Waals surface area contributed by atoms with Gasteiger partial charge >= 0.3 is 12.1 Å². The molecule has 23 heavy (non-hydrogen) atoms. The summed E-state index contributed by atoms with van der Waals surface area (Å²) in [5.74, 6) is -2.58. The Kier molecular flexibility index (Phi) is 4.31. The molecular weight excluding hydrogens is 398 g/mol. The van der Waals surface area contributed by atoms with Gasteiger partial charge in [-0.3, -0.25) is 0 Å². The van der Waals surface area contributed by atoms with Gasteiger partial charge in [0, 0.05) is 9.86 Å². The minimum Gasteiger partial charge on any atom is -0.478 e. The van der Waals surface area contributed by atoms with Crippen LogP contribution in [0.4, 0.5) is 17.6 Å². The summed E-state index contributed by atoms with van der Waals surface area (Å²) in [5.41, 5.74) is -1.99. The molecule has 1 aromatic heterocycles. The van der Waals surface area contributed by atoms with Gasteiger partial charge in [0.25, 0.3) is 0 Å². The van der Waals surface area contributed by atoms with Crippen LogP contribution in [0, 0.1) is 5.82 Å². The SMILES string of the molecule is C[Si](C)(C)c1c(C(F)(F)F)nc2cc(C(=O)O)c(F)cc2c1Br.